The highest BCUT2D eigenvalue weighted by atomic mass is 16.4. The highest BCUT2D eigenvalue weighted by molar-refractivity contribution is 5.76. The first kappa shape index (κ1) is 18.6. The molecule has 1 aliphatic rings. The van der Waals surface area contributed by atoms with Crippen molar-refractivity contribution in [3.63, 3.8) is 0 Å². The number of aliphatic hydroxyl groups excluding tert-OH is 1. The van der Waals surface area contributed by atoms with Gasteiger partial charge in [-0.3, -0.25) is 9.69 Å². The van der Waals surface area contributed by atoms with E-state index in [1.807, 2.05) is 42.5 Å². The number of carboxylic acid groups (broad SMARTS) is 1. The maximum Gasteiger partial charge on any atom is 0.312 e. The highest BCUT2D eigenvalue weighted by Gasteiger charge is 2.48. The van der Waals surface area contributed by atoms with E-state index in [1.54, 1.807) is 0 Å². The lowest BCUT2D eigenvalue weighted by atomic mass is 9.71. The lowest BCUT2D eigenvalue weighted by molar-refractivity contribution is -0.163. The van der Waals surface area contributed by atoms with Crippen molar-refractivity contribution in [1.82, 2.24) is 4.90 Å². The predicted molar refractivity (Wildman–Crippen MR) is 102 cm³/mol. The number of likely N-dealkylation sites (tertiary alicyclic amines) is 1. The molecule has 2 aromatic carbocycles. The summed E-state index contributed by atoms with van der Waals surface area (Å²) in [5.41, 5.74) is 2.41. The highest BCUT2D eigenvalue weighted by Crippen LogP contribution is 2.36. The molecule has 1 heterocycles. The summed E-state index contributed by atoms with van der Waals surface area (Å²) in [7, 11) is 0. The summed E-state index contributed by atoms with van der Waals surface area (Å²) in [5, 5.41) is 20.7. The molecule has 3 rings (SSSR count). The number of piperidine rings is 1. The molecule has 1 aliphatic heterocycles. The summed E-state index contributed by atoms with van der Waals surface area (Å²) in [5.74, 6) is -0.900. The molecular weight excluding hydrogens is 326 g/mol. The first-order valence-electron chi connectivity index (χ1n) is 9.29. The molecule has 0 bridgehead atoms. The Labute approximate surface area is 155 Å². The minimum Gasteiger partial charge on any atom is -0.481 e. The number of β-amino-alcohol motifs (C(OH)–C–C–N with tert-alkyl or cyclic N) is 1. The van der Waals surface area contributed by atoms with Gasteiger partial charge >= 0.3 is 5.97 Å². The van der Waals surface area contributed by atoms with E-state index >= 15 is 0 Å². The van der Waals surface area contributed by atoms with Crippen molar-refractivity contribution in [1.29, 1.82) is 0 Å². The lowest BCUT2D eigenvalue weighted by Crippen LogP contribution is -2.55. The maximum absolute atomic E-state index is 12.1. The molecule has 26 heavy (non-hydrogen) atoms. The predicted octanol–water partition coefficient (Wildman–Crippen LogP) is 3.13. The van der Waals surface area contributed by atoms with Crippen LogP contribution in [0.15, 0.2) is 54.6 Å². The number of aliphatic carboxylic acids is 1. The number of nitrogens with zero attached hydrogens (tertiary/aromatic N) is 1. The molecule has 2 atom stereocenters. The summed E-state index contributed by atoms with van der Waals surface area (Å²) >= 11 is 0. The quantitative estimate of drug-likeness (QED) is 0.838. The SMILES string of the molecule is CCc1ccccc1CN1CC[C@](Cc2ccccc2)(C(=O)O)[C@@H](O)C1. The molecule has 0 aromatic heterocycles. The van der Waals surface area contributed by atoms with Crippen LogP contribution in [0.3, 0.4) is 0 Å². The molecule has 0 unspecified atom stereocenters. The second-order valence-corrected chi connectivity index (χ2v) is 7.25. The first-order chi connectivity index (χ1) is 12.5. The van der Waals surface area contributed by atoms with Crippen LogP contribution in [0.5, 0.6) is 0 Å². The van der Waals surface area contributed by atoms with E-state index in [0.29, 0.717) is 25.9 Å². The zero-order valence-electron chi connectivity index (χ0n) is 15.3. The monoisotopic (exact) mass is 353 g/mol. The number of benzene rings is 2. The molecule has 0 radical (unpaired) electrons. The Kier molecular flexibility index (Phi) is 5.74. The van der Waals surface area contributed by atoms with Crippen LogP contribution in [-0.4, -0.2) is 40.3 Å². The Morgan fingerprint density at radius 1 is 1.12 bits per heavy atom. The molecule has 0 spiro atoms. The van der Waals surface area contributed by atoms with E-state index in [2.05, 4.69) is 24.0 Å². The van der Waals surface area contributed by atoms with E-state index < -0.39 is 17.5 Å². The normalized spacial score (nSPS) is 23.7. The van der Waals surface area contributed by atoms with Gasteiger partial charge in [-0.15, -0.1) is 0 Å². The van der Waals surface area contributed by atoms with Crippen LogP contribution in [0, 0.1) is 5.41 Å². The number of rotatable bonds is 6. The fraction of sp³-hybridized carbons (Fsp3) is 0.409. The summed E-state index contributed by atoms with van der Waals surface area (Å²) in [6, 6.07) is 17.9. The Bertz CT molecular complexity index is 746. The third-order valence-electron chi connectivity index (χ3n) is 5.62. The van der Waals surface area contributed by atoms with Crippen molar-refractivity contribution in [3.05, 3.63) is 71.3 Å². The Morgan fingerprint density at radius 2 is 1.77 bits per heavy atom. The van der Waals surface area contributed by atoms with Crippen LogP contribution < -0.4 is 0 Å². The molecule has 1 fully saturated rings. The van der Waals surface area contributed by atoms with Crippen molar-refractivity contribution in [2.24, 2.45) is 5.41 Å². The number of carboxylic acids is 1. The summed E-state index contributed by atoms with van der Waals surface area (Å²) < 4.78 is 0. The van der Waals surface area contributed by atoms with Crippen LogP contribution in [-0.2, 0) is 24.2 Å². The van der Waals surface area contributed by atoms with E-state index in [4.69, 9.17) is 0 Å². The number of aryl methyl sites for hydroxylation is 1. The molecule has 0 saturated carbocycles. The largest absolute Gasteiger partial charge is 0.481 e. The molecule has 1 saturated heterocycles. The number of hydrogen-bond acceptors (Lipinski definition) is 3. The Morgan fingerprint density at radius 3 is 2.38 bits per heavy atom. The summed E-state index contributed by atoms with van der Waals surface area (Å²) in [4.78, 5) is 14.2. The van der Waals surface area contributed by atoms with E-state index in [0.717, 1.165) is 18.5 Å². The van der Waals surface area contributed by atoms with Crippen molar-refractivity contribution in [3.8, 4) is 0 Å². The van der Waals surface area contributed by atoms with Crippen molar-refractivity contribution in [2.45, 2.75) is 38.8 Å². The molecule has 4 heteroatoms. The summed E-state index contributed by atoms with van der Waals surface area (Å²) in [6.07, 6.45) is 0.901. The number of hydrogen-bond donors (Lipinski definition) is 2. The zero-order chi connectivity index (χ0) is 18.6. The van der Waals surface area contributed by atoms with E-state index in [-0.39, 0.29) is 0 Å². The van der Waals surface area contributed by atoms with Gasteiger partial charge in [-0.05, 0) is 42.5 Å². The zero-order valence-corrected chi connectivity index (χ0v) is 15.3. The molecular formula is C22H27NO3. The second-order valence-electron chi connectivity index (χ2n) is 7.25. The van der Waals surface area contributed by atoms with Crippen molar-refractivity contribution in [2.75, 3.05) is 13.1 Å². The molecule has 2 N–H and O–H groups in total. The second kappa shape index (κ2) is 8.02. The molecule has 2 aromatic rings. The van der Waals surface area contributed by atoms with Crippen LogP contribution in [0.4, 0.5) is 0 Å². The number of carbonyl (C=O) groups is 1. The average molecular weight is 353 g/mol. The Balaban J connectivity index is 1.74. The minimum atomic E-state index is -1.11. The van der Waals surface area contributed by atoms with Gasteiger partial charge in [0.05, 0.1) is 6.10 Å². The molecule has 138 valence electrons. The van der Waals surface area contributed by atoms with E-state index in [1.165, 1.54) is 11.1 Å². The average Bonchev–Trinajstić information content (AvgIpc) is 2.65. The van der Waals surface area contributed by atoms with Gasteiger partial charge in [0, 0.05) is 13.1 Å². The van der Waals surface area contributed by atoms with Gasteiger partial charge in [-0.25, -0.2) is 0 Å². The third kappa shape index (κ3) is 3.81. The van der Waals surface area contributed by atoms with Crippen molar-refractivity contribution < 1.29 is 15.0 Å². The smallest absolute Gasteiger partial charge is 0.312 e. The van der Waals surface area contributed by atoms with Gasteiger partial charge in [-0.2, -0.15) is 0 Å². The van der Waals surface area contributed by atoms with Gasteiger partial charge in [0.15, 0.2) is 0 Å². The minimum absolute atomic E-state index is 0.365. The molecule has 0 aliphatic carbocycles. The fourth-order valence-electron chi connectivity index (χ4n) is 3.97. The topological polar surface area (TPSA) is 60.8 Å². The standard InChI is InChI=1S/C22H27NO3/c1-2-18-10-6-7-11-19(18)15-23-13-12-22(21(25)26,20(24)16-23)14-17-8-4-3-5-9-17/h3-11,20,24H,2,12-16H2,1H3,(H,25,26)/t20-,22+/m0/s1. The lowest BCUT2D eigenvalue weighted by Gasteiger charge is -2.43. The number of aliphatic hydroxyl groups is 1. The van der Waals surface area contributed by atoms with Gasteiger partial charge in [0.25, 0.3) is 0 Å². The van der Waals surface area contributed by atoms with Gasteiger partial charge in [0.2, 0.25) is 0 Å². The van der Waals surface area contributed by atoms with Crippen LogP contribution >= 0.6 is 0 Å². The van der Waals surface area contributed by atoms with E-state index in [9.17, 15) is 15.0 Å². The van der Waals surface area contributed by atoms with Crippen LogP contribution in [0.25, 0.3) is 0 Å². The summed E-state index contributed by atoms with van der Waals surface area (Å²) in [6.45, 7) is 3.95. The fourth-order valence-corrected chi connectivity index (χ4v) is 3.97. The molecule has 0 amide bonds. The molecule has 4 nitrogen and oxygen atoms in total. The van der Waals surface area contributed by atoms with Gasteiger partial charge in [-0.1, -0.05) is 61.5 Å². The van der Waals surface area contributed by atoms with Gasteiger partial charge < -0.3 is 10.2 Å². The van der Waals surface area contributed by atoms with Crippen LogP contribution in [0.1, 0.15) is 30.0 Å². The van der Waals surface area contributed by atoms with Gasteiger partial charge in [0.1, 0.15) is 5.41 Å². The third-order valence-corrected chi connectivity index (χ3v) is 5.62. The maximum atomic E-state index is 12.1. The van der Waals surface area contributed by atoms with Crippen molar-refractivity contribution >= 4 is 5.97 Å². The Hall–Kier alpha value is -2.17. The van der Waals surface area contributed by atoms with Crippen LogP contribution in [0.2, 0.25) is 0 Å². The first-order valence-corrected chi connectivity index (χ1v) is 9.29.